The van der Waals surface area contributed by atoms with Crippen molar-refractivity contribution in [1.29, 1.82) is 0 Å². The highest BCUT2D eigenvalue weighted by Crippen LogP contribution is 2.27. The minimum atomic E-state index is -0.820. The number of nitrogens with zero attached hydrogens (tertiary/aromatic N) is 1. The van der Waals surface area contributed by atoms with E-state index >= 15 is 0 Å². The molecule has 1 heterocycles. The van der Waals surface area contributed by atoms with Crippen LogP contribution in [0.4, 0.5) is 0 Å². The molecule has 0 radical (unpaired) electrons. The molecule has 0 spiro atoms. The van der Waals surface area contributed by atoms with Crippen LogP contribution >= 0.6 is 0 Å². The SMILES string of the molecule is COCCn1c(=O)c(CNCC(O)CO)cc2cc3c(cc21)CCC3. The summed E-state index contributed by atoms with van der Waals surface area (Å²) in [5.74, 6) is 0. The van der Waals surface area contributed by atoms with Gasteiger partial charge in [-0.2, -0.15) is 0 Å². The van der Waals surface area contributed by atoms with Crippen molar-refractivity contribution in [2.75, 3.05) is 26.9 Å². The third-order valence-electron chi connectivity index (χ3n) is 4.81. The van der Waals surface area contributed by atoms with Gasteiger partial charge in [0.25, 0.3) is 5.56 Å². The first-order valence-corrected chi connectivity index (χ1v) is 8.81. The van der Waals surface area contributed by atoms with Crippen molar-refractivity contribution >= 4 is 10.9 Å². The molecule has 1 aromatic heterocycles. The molecule has 3 N–H and O–H groups in total. The van der Waals surface area contributed by atoms with E-state index in [4.69, 9.17) is 9.84 Å². The summed E-state index contributed by atoms with van der Waals surface area (Å²) >= 11 is 0. The number of nitrogens with one attached hydrogen (secondary N) is 1. The summed E-state index contributed by atoms with van der Waals surface area (Å²) in [6, 6.07) is 6.30. The number of pyridine rings is 1. The summed E-state index contributed by atoms with van der Waals surface area (Å²) in [6.07, 6.45) is 2.52. The highest BCUT2D eigenvalue weighted by atomic mass is 16.5. The molecule has 0 saturated carbocycles. The van der Waals surface area contributed by atoms with Gasteiger partial charge in [0.05, 0.1) is 24.8 Å². The zero-order chi connectivity index (χ0) is 17.8. The van der Waals surface area contributed by atoms with Gasteiger partial charge in [-0.05, 0) is 54.0 Å². The second kappa shape index (κ2) is 8.10. The van der Waals surface area contributed by atoms with Crippen molar-refractivity contribution in [3.05, 3.63) is 45.2 Å². The first kappa shape index (κ1) is 18.1. The predicted octanol–water partition coefficient (Wildman–Crippen LogP) is 0.579. The fourth-order valence-electron chi connectivity index (χ4n) is 3.48. The Labute approximate surface area is 147 Å². The normalized spacial score (nSPS) is 14.8. The molecule has 136 valence electrons. The Morgan fingerprint density at radius 3 is 2.76 bits per heavy atom. The minimum absolute atomic E-state index is 0.0338. The fourth-order valence-corrected chi connectivity index (χ4v) is 3.48. The number of aromatic nitrogens is 1. The maximum absolute atomic E-state index is 12.9. The molecular formula is C19H26N2O4. The quantitative estimate of drug-likeness (QED) is 0.651. The number of fused-ring (bicyclic) bond motifs is 2. The molecule has 6 nitrogen and oxygen atoms in total. The van der Waals surface area contributed by atoms with Crippen molar-refractivity contribution in [2.45, 2.75) is 38.5 Å². The monoisotopic (exact) mass is 346 g/mol. The smallest absolute Gasteiger partial charge is 0.255 e. The molecule has 3 rings (SSSR count). The summed E-state index contributed by atoms with van der Waals surface area (Å²) in [6.45, 7) is 1.30. The Morgan fingerprint density at radius 1 is 1.28 bits per heavy atom. The first-order chi connectivity index (χ1) is 12.1. The average Bonchev–Trinajstić information content (AvgIpc) is 3.07. The van der Waals surface area contributed by atoms with E-state index in [9.17, 15) is 9.90 Å². The summed E-state index contributed by atoms with van der Waals surface area (Å²) in [5.41, 5.74) is 4.30. The molecule has 1 atom stereocenters. The molecule has 0 saturated heterocycles. The number of methoxy groups -OCH3 is 1. The third-order valence-corrected chi connectivity index (χ3v) is 4.81. The van der Waals surface area contributed by atoms with Gasteiger partial charge in [0.1, 0.15) is 0 Å². The van der Waals surface area contributed by atoms with E-state index in [2.05, 4.69) is 17.4 Å². The van der Waals surface area contributed by atoms with Crippen LogP contribution in [0.3, 0.4) is 0 Å². The average molecular weight is 346 g/mol. The van der Waals surface area contributed by atoms with E-state index in [1.165, 1.54) is 17.5 Å². The molecular weight excluding hydrogens is 320 g/mol. The molecule has 1 aromatic carbocycles. The van der Waals surface area contributed by atoms with Crippen LogP contribution in [0.15, 0.2) is 23.0 Å². The van der Waals surface area contributed by atoms with E-state index in [0.717, 1.165) is 23.7 Å². The number of hydrogen-bond acceptors (Lipinski definition) is 5. The van der Waals surface area contributed by atoms with Gasteiger partial charge in [0.15, 0.2) is 0 Å². The maximum atomic E-state index is 12.9. The van der Waals surface area contributed by atoms with Gasteiger partial charge in [0.2, 0.25) is 0 Å². The zero-order valence-corrected chi connectivity index (χ0v) is 14.6. The lowest BCUT2D eigenvalue weighted by Gasteiger charge is -2.15. The van der Waals surface area contributed by atoms with Crippen LogP contribution in [0.25, 0.3) is 10.9 Å². The topological polar surface area (TPSA) is 83.7 Å². The van der Waals surface area contributed by atoms with Gasteiger partial charge in [-0.25, -0.2) is 0 Å². The number of aryl methyl sites for hydroxylation is 2. The second-order valence-electron chi connectivity index (χ2n) is 6.62. The molecule has 1 aliphatic rings. The van der Waals surface area contributed by atoms with Gasteiger partial charge in [-0.15, -0.1) is 0 Å². The Hall–Kier alpha value is -1.73. The standard InChI is InChI=1S/C19H26N2O4/c1-25-6-5-21-18-9-14-4-2-3-13(14)7-15(18)8-16(19(21)24)10-20-11-17(23)12-22/h7-9,17,20,22-23H,2-6,10-12H2,1H3. The van der Waals surface area contributed by atoms with E-state index in [1.807, 2.05) is 6.07 Å². The van der Waals surface area contributed by atoms with Crippen LogP contribution in [-0.2, 0) is 30.7 Å². The maximum Gasteiger partial charge on any atom is 0.255 e. The van der Waals surface area contributed by atoms with Crippen LogP contribution in [0.2, 0.25) is 0 Å². The number of hydrogen-bond donors (Lipinski definition) is 3. The molecule has 0 aliphatic heterocycles. The van der Waals surface area contributed by atoms with Crippen LogP contribution < -0.4 is 10.9 Å². The number of ether oxygens (including phenoxy) is 1. The Bertz CT molecular complexity index is 800. The number of aliphatic hydroxyl groups excluding tert-OH is 2. The molecule has 0 bridgehead atoms. The summed E-state index contributed by atoms with van der Waals surface area (Å²) in [5, 5.41) is 22.4. The molecule has 6 heteroatoms. The van der Waals surface area contributed by atoms with Crippen molar-refractivity contribution < 1.29 is 14.9 Å². The van der Waals surface area contributed by atoms with Crippen LogP contribution in [0, 0.1) is 0 Å². The highest BCUT2D eigenvalue weighted by molar-refractivity contribution is 5.82. The zero-order valence-electron chi connectivity index (χ0n) is 14.6. The highest BCUT2D eigenvalue weighted by Gasteiger charge is 2.16. The molecule has 1 aliphatic carbocycles. The second-order valence-corrected chi connectivity index (χ2v) is 6.62. The lowest BCUT2D eigenvalue weighted by atomic mass is 10.0. The fraction of sp³-hybridized carbons (Fsp3) is 0.526. The molecule has 2 aromatic rings. The van der Waals surface area contributed by atoms with Gasteiger partial charge < -0.3 is 24.8 Å². The van der Waals surface area contributed by atoms with Gasteiger partial charge in [-0.1, -0.05) is 0 Å². The number of aliphatic hydroxyl groups is 2. The summed E-state index contributed by atoms with van der Waals surface area (Å²) in [4.78, 5) is 12.9. The first-order valence-electron chi connectivity index (χ1n) is 8.81. The summed E-state index contributed by atoms with van der Waals surface area (Å²) in [7, 11) is 1.63. The molecule has 0 amide bonds. The lowest BCUT2D eigenvalue weighted by Crippen LogP contribution is -2.33. The Morgan fingerprint density at radius 2 is 2.04 bits per heavy atom. The van der Waals surface area contributed by atoms with E-state index in [-0.39, 0.29) is 18.7 Å². The van der Waals surface area contributed by atoms with Crippen molar-refractivity contribution in [1.82, 2.24) is 9.88 Å². The third kappa shape index (κ3) is 3.93. The van der Waals surface area contributed by atoms with Crippen molar-refractivity contribution in [2.24, 2.45) is 0 Å². The van der Waals surface area contributed by atoms with Gasteiger partial charge >= 0.3 is 0 Å². The van der Waals surface area contributed by atoms with E-state index in [0.29, 0.717) is 25.3 Å². The van der Waals surface area contributed by atoms with Gasteiger partial charge in [-0.3, -0.25) is 4.79 Å². The lowest BCUT2D eigenvalue weighted by molar-refractivity contribution is 0.0942. The molecule has 0 fully saturated rings. The summed E-state index contributed by atoms with van der Waals surface area (Å²) < 4.78 is 6.96. The van der Waals surface area contributed by atoms with Crippen LogP contribution in [0.5, 0.6) is 0 Å². The minimum Gasteiger partial charge on any atom is -0.394 e. The molecule has 25 heavy (non-hydrogen) atoms. The number of rotatable bonds is 8. The number of benzene rings is 1. The molecule has 1 unspecified atom stereocenters. The van der Waals surface area contributed by atoms with Gasteiger partial charge in [0, 0.05) is 32.3 Å². The van der Waals surface area contributed by atoms with Crippen LogP contribution in [-0.4, -0.2) is 47.8 Å². The predicted molar refractivity (Wildman–Crippen MR) is 96.9 cm³/mol. The van der Waals surface area contributed by atoms with Crippen molar-refractivity contribution in [3.63, 3.8) is 0 Å². The Kier molecular flexibility index (Phi) is 5.86. The largest absolute Gasteiger partial charge is 0.394 e. The Balaban J connectivity index is 1.98. The van der Waals surface area contributed by atoms with E-state index in [1.54, 1.807) is 11.7 Å². The van der Waals surface area contributed by atoms with Crippen molar-refractivity contribution in [3.8, 4) is 0 Å². The van der Waals surface area contributed by atoms with Crippen LogP contribution in [0.1, 0.15) is 23.1 Å². The van der Waals surface area contributed by atoms with E-state index < -0.39 is 6.10 Å².